The summed E-state index contributed by atoms with van der Waals surface area (Å²) in [6.45, 7) is 2.27. The van der Waals surface area contributed by atoms with Crippen molar-refractivity contribution in [1.29, 1.82) is 0 Å². The summed E-state index contributed by atoms with van der Waals surface area (Å²) in [7, 11) is 0. The maximum Gasteiger partial charge on any atom is 0.137 e. The molecule has 0 atom stereocenters. The summed E-state index contributed by atoms with van der Waals surface area (Å²) < 4.78 is 0. The Balaban J connectivity index is 1.86. The highest BCUT2D eigenvalue weighted by Crippen LogP contribution is 2.12. The molecule has 2 heteroatoms. The lowest BCUT2D eigenvalue weighted by molar-refractivity contribution is -0.118. The van der Waals surface area contributed by atoms with Crippen LogP contribution in [0.5, 0.6) is 0 Å². The number of hydrogen-bond acceptors (Lipinski definition) is 2. The molecule has 0 spiro atoms. The fourth-order valence-corrected chi connectivity index (χ4v) is 2.80. The standard InChI is InChI=1S/C20H33NO/c1-2-3-4-5-6-7-8-9-10-11-12-13-20(22)18-19-14-16-21-17-15-19/h14-17H,2-13,18H2,1H3. The molecule has 2 nitrogen and oxygen atoms in total. The van der Waals surface area contributed by atoms with E-state index >= 15 is 0 Å². The van der Waals surface area contributed by atoms with Gasteiger partial charge in [0.2, 0.25) is 0 Å². The predicted molar refractivity (Wildman–Crippen MR) is 94.0 cm³/mol. The second kappa shape index (κ2) is 13.5. The van der Waals surface area contributed by atoms with Crippen molar-refractivity contribution in [1.82, 2.24) is 4.98 Å². The van der Waals surface area contributed by atoms with Gasteiger partial charge in [-0.15, -0.1) is 0 Å². The first kappa shape index (κ1) is 18.9. The lowest BCUT2D eigenvalue weighted by atomic mass is 10.0. The van der Waals surface area contributed by atoms with Crippen LogP contribution in [-0.2, 0) is 11.2 Å². The molecule has 1 aromatic rings. The largest absolute Gasteiger partial charge is 0.299 e. The van der Waals surface area contributed by atoms with E-state index in [1.165, 1.54) is 64.2 Å². The van der Waals surface area contributed by atoms with Gasteiger partial charge >= 0.3 is 0 Å². The Bertz CT molecular complexity index is 375. The Morgan fingerprint density at radius 2 is 1.32 bits per heavy atom. The number of pyridine rings is 1. The molecule has 0 amide bonds. The third-order valence-electron chi connectivity index (χ3n) is 4.21. The van der Waals surface area contributed by atoms with Gasteiger partial charge in [-0.25, -0.2) is 0 Å². The summed E-state index contributed by atoms with van der Waals surface area (Å²) in [5.41, 5.74) is 1.09. The Kier molecular flexibility index (Phi) is 11.6. The summed E-state index contributed by atoms with van der Waals surface area (Å²) in [6, 6.07) is 3.86. The first-order valence-corrected chi connectivity index (χ1v) is 9.23. The first-order chi connectivity index (χ1) is 10.8. The van der Waals surface area contributed by atoms with Crippen LogP contribution in [0.15, 0.2) is 24.5 Å². The fraction of sp³-hybridized carbons (Fsp3) is 0.700. The quantitative estimate of drug-likeness (QED) is 0.401. The minimum absolute atomic E-state index is 0.363. The molecule has 22 heavy (non-hydrogen) atoms. The van der Waals surface area contributed by atoms with Crippen molar-refractivity contribution in [3.8, 4) is 0 Å². The molecule has 0 saturated heterocycles. The zero-order valence-corrected chi connectivity index (χ0v) is 14.4. The zero-order valence-electron chi connectivity index (χ0n) is 14.4. The summed E-state index contributed by atoms with van der Waals surface area (Å²) >= 11 is 0. The van der Waals surface area contributed by atoms with Crippen molar-refractivity contribution in [2.24, 2.45) is 0 Å². The van der Waals surface area contributed by atoms with E-state index in [0.29, 0.717) is 12.2 Å². The topological polar surface area (TPSA) is 30.0 Å². The van der Waals surface area contributed by atoms with Crippen LogP contribution >= 0.6 is 0 Å². The molecule has 1 aromatic heterocycles. The highest BCUT2D eigenvalue weighted by Gasteiger charge is 2.03. The summed E-state index contributed by atoms with van der Waals surface area (Å²) in [5, 5.41) is 0. The van der Waals surface area contributed by atoms with Gasteiger partial charge in [-0.05, 0) is 24.1 Å². The van der Waals surface area contributed by atoms with Gasteiger partial charge < -0.3 is 0 Å². The van der Waals surface area contributed by atoms with Crippen LogP contribution in [0.2, 0.25) is 0 Å². The molecule has 0 bridgehead atoms. The van der Waals surface area contributed by atoms with E-state index < -0.39 is 0 Å². The van der Waals surface area contributed by atoms with E-state index in [9.17, 15) is 4.79 Å². The number of unbranched alkanes of at least 4 members (excludes halogenated alkanes) is 10. The molecule has 0 aliphatic heterocycles. The Morgan fingerprint density at radius 1 is 0.818 bits per heavy atom. The lowest BCUT2D eigenvalue weighted by Gasteiger charge is -2.03. The van der Waals surface area contributed by atoms with Crippen molar-refractivity contribution in [3.63, 3.8) is 0 Å². The van der Waals surface area contributed by atoms with Gasteiger partial charge in [0.05, 0.1) is 0 Å². The van der Waals surface area contributed by atoms with Gasteiger partial charge in [0.1, 0.15) is 5.78 Å². The van der Waals surface area contributed by atoms with Gasteiger partial charge in [-0.1, -0.05) is 71.1 Å². The zero-order chi connectivity index (χ0) is 15.9. The van der Waals surface area contributed by atoms with E-state index in [0.717, 1.165) is 18.4 Å². The average Bonchev–Trinajstić information content (AvgIpc) is 2.53. The van der Waals surface area contributed by atoms with Crippen molar-refractivity contribution in [2.45, 2.75) is 90.4 Å². The minimum atomic E-state index is 0.363. The maximum atomic E-state index is 11.9. The monoisotopic (exact) mass is 303 g/mol. The molecule has 0 N–H and O–H groups in total. The second-order valence-corrected chi connectivity index (χ2v) is 6.36. The first-order valence-electron chi connectivity index (χ1n) is 9.23. The highest BCUT2D eigenvalue weighted by molar-refractivity contribution is 5.80. The van der Waals surface area contributed by atoms with Gasteiger partial charge in [-0.2, -0.15) is 0 Å². The number of ketones is 1. The highest BCUT2D eigenvalue weighted by atomic mass is 16.1. The van der Waals surface area contributed by atoms with Gasteiger partial charge in [0.15, 0.2) is 0 Å². The maximum absolute atomic E-state index is 11.9. The van der Waals surface area contributed by atoms with Gasteiger partial charge in [0, 0.05) is 25.2 Å². The molecular formula is C20H33NO. The fourth-order valence-electron chi connectivity index (χ4n) is 2.80. The summed E-state index contributed by atoms with van der Waals surface area (Å²) in [5.74, 6) is 0.363. The molecule has 0 fully saturated rings. The number of carbonyl (C=O) groups is 1. The average molecular weight is 303 g/mol. The third-order valence-corrected chi connectivity index (χ3v) is 4.21. The second-order valence-electron chi connectivity index (χ2n) is 6.36. The molecule has 0 unspecified atom stereocenters. The van der Waals surface area contributed by atoms with Crippen LogP contribution in [0.25, 0.3) is 0 Å². The van der Waals surface area contributed by atoms with Gasteiger partial charge in [-0.3, -0.25) is 9.78 Å². The molecule has 124 valence electrons. The van der Waals surface area contributed by atoms with Crippen LogP contribution in [-0.4, -0.2) is 10.8 Å². The van der Waals surface area contributed by atoms with E-state index in [4.69, 9.17) is 0 Å². The molecule has 1 rings (SSSR count). The lowest BCUT2D eigenvalue weighted by Crippen LogP contribution is -2.02. The number of aromatic nitrogens is 1. The van der Waals surface area contributed by atoms with Crippen LogP contribution in [0, 0.1) is 0 Å². The number of Topliss-reactive ketones (excluding diaryl/α,β-unsaturated/α-hetero) is 1. The Hall–Kier alpha value is -1.18. The summed E-state index contributed by atoms with van der Waals surface area (Å²) in [4.78, 5) is 15.8. The SMILES string of the molecule is CCCCCCCCCCCCCC(=O)Cc1ccncc1. The molecule has 0 saturated carbocycles. The molecule has 1 heterocycles. The van der Waals surface area contributed by atoms with Crippen LogP contribution in [0.1, 0.15) is 89.5 Å². The smallest absolute Gasteiger partial charge is 0.137 e. The van der Waals surface area contributed by atoms with E-state index in [-0.39, 0.29) is 0 Å². The minimum Gasteiger partial charge on any atom is -0.299 e. The van der Waals surface area contributed by atoms with Crippen LogP contribution in [0.3, 0.4) is 0 Å². The summed E-state index contributed by atoms with van der Waals surface area (Å²) in [6.07, 6.45) is 19.4. The normalized spacial score (nSPS) is 10.8. The molecule has 0 aliphatic rings. The number of rotatable bonds is 14. The van der Waals surface area contributed by atoms with E-state index in [2.05, 4.69) is 11.9 Å². The molecule has 0 aliphatic carbocycles. The molecule has 0 radical (unpaired) electrons. The number of hydrogen-bond donors (Lipinski definition) is 0. The van der Waals surface area contributed by atoms with E-state index in [1.807, 2.05) is 12.1 Å². The van der Waals surface area contributed by atoms with Crippen LogP contribution in [0.4, 0.5) is 0 Å². The molecular weight excluding hydrogens is 270 g/mol. The van der Waals surface area contributed by atoms with Crippen LogP contribution < -0.4 is 0 Å². The molecule has 0 aromatic carbocycles. The van der Waals surface area contributed by atoms with Crippen molar-refractivity contribution >= 4 is 5.78 Å². The Morgan fingerprint density at radius 3 is 1.86 bits per heavy atom. The van der Waals surface area contributed by atoms with E-state index in [1.54, 1.807) is 12.4 Å². The van der Waals surface area contributed by atoms with Gasteiger partial charge in [0.25, 0.3) is 0 Å². The number of carbonyl (C=O) groups excluding carboxylic acids is 1. The van der Waals surface area contributed by atoms with Crippen molar-refractivity contribution in [3.05, 3.63) is 30.1 Å². The third kappa shape index (κ3) is 10.5. The van der Waals surface area contributed by atoms with Crippen molar-refractivity contribution < 1.29 is 4.79 Å². The number of nitrogens with zero attached hydrogens (tertiary/aromatic N) is 1. The Labute approximate surface area is 136 Å². The predicted octanol–water partition coefficient (Wildman–Crippen LogP) is 5.89. The van der Waals surface area contributed by atoms with Crippen molar-refractivity contribution in [2.75, 3.05) is 0 Å².